The lowest BCUT2D eigenvalue weighted by atomic mass is 10.2. The number of benzene rings is 1. The molecule has 0 spiro atoms. The molecule has 0 saturated heterocycles. The highest BCUT2D eigenvalue weighted by Gasteiger charge is 2.04. The van der Waals surface area contributed by atoms with E-state index in [1.807, 2.05) is 0 Å². The molecular weight excluding hydrogens is 234 g/mol. The number of anilines is 2. The Morgan fingerprint density at radius 2 is 2.00 bits per heavy atom. The van der Waals surface area contributed by atoms with Crippen molar-refractivity contribution in [2.24, 2.45) is 0 Å². The molecule has 94 valence electrons. The first-order chi connectivity index (χ1) is 8.65. The molecule has 0 unspecified atom stereocenters. The SMILES string of the molecule is CCOC(=O)Nc1cccc(NC(=O)CC#N)c1. The molecule has 6 nitrogen and oxygen atoms in total. The van der Waals surface area contributed by atoms with Crippen LogP contribution < -0.4 is 10.6 Å². The molecule has 6 heteroatoms. The smallest absolute Gasteiger partial charge is 0.411 e. The highest BCUT2D eigenvalue weighted by Crippen LogP contribution is 2.15. The second kappa shape index (κ2) is 6.91. The van der Waals surface area contributed by atoms with Gasteiger partial charge < -0.3 is 10.1 Å². The first kappa shape index (κ1) is 13.5. The zero-order valence-electron chi connectivity index (χ0n) is 9.90. The zero-order chi connectivity index (χ0) is 13.4. The molecule has 0 aromatic heterocycles. The summed E-state index contributed by atoms with van der Waals surface area (Å²) >= 11 is 0. The van der Waals surface area contributed by atoms with E-state index in [0.717, 1.165) is 0 Å². The van der Waals surface area contributed by atoms with Gasteiger partial charge in [0.05, 0.1) is 12.7 Å². The van der Waals surface area contributed by atoms with E-state index in [4.69, 9.17) is 10.00 Å². The Bertz CT molecular complexity index is 480. The molecule has 0 aliphatic heterocycles. The Balaban J connectivity index is 2.65. The molecule has 0 radical (unpaired) electrons. The van der Waals surface area contributed by atoms with Crippen molar-refractivity contribution in [3.05, 3.63) is 24.3 Å². The molecule has 2 N–H and O–H groups in total. The van der Waals surface area contributed by atoms with Crippen molar-refractivity contribution in [2.75, 3.05) is 17.2 Å². The summed E-state index contributed by atoms with van der Waals surface area (Å²) < 4.78 is 4.72. The standard InChI is InChI=1S/C12H13N3O3/c1-2-18-12(17)15-10-5-3-4-9(8-10)14-11(16)6-7-13/h3-5,8H,2,6H2,1H3,(H,14,16)(H,15,17). The summed E-state index contributed by atoms with van der Waals surface area (Å²) in [6, 6.07) is 8.32. The van der Waals surface area contributed by atoms with Gasteiger partial charge in [-0.2, -0.15) is 5.26 Å². The molecule has 0 fully saturated rings. The molecule has 0 atom stereocenters. The van der Waals surface area contributed by atoms with E-state index in [-0.39, 0.29) is 13.0 Å². The number of carbonyl (C=O) groups excluding carboxylic acids is 2. The van der Waals surface area contributed by atoms with Gasteiger partial charge in [0.25, 0.3) is 0 Å². The fourth-order valence-corrected chi connectivity index (χ4v) is 1.24. The van der Waals surface area contributed by atoms with Crippen molar-refractivity contribution >= 4 is 23.4 Å². The van der Waals surface area contributed by atoms with Gasteiger partial charge in [-0.15, -0.1) is 0 Å². The number of hydrogen-bond acceptors (Lipinski definition) is 4. The van der Waals surface area contributed by atoms with Crippen LogP contribution in [0.25, 0.3) is 0 Å². The maximum absolute atomic E-state index is 11.2. The molecule has 1 aromatic carbocycles. The molecule has 0 aliphatic rings. The van der Waals surface area contributed by atoms with Crippen LogP contribution >= 0.6 is 0 Å². The van der Waals surface area contributed by atoms with Gasteiger partial charge in [-0.1, -0.05) is 6.07 Å². The van der Waals surface area contributed by atoms with Crippen molar-refractivity contribution in [1.82, 2.24) is 0 Å². The van der Waals surface area contributed by atoms with Crippen LogP contribution in [0.15, 0.2) is 24.3 Å². The molecule has 2 amide bonds. The summed E-state index contributed by atoms with van der Waals surface area (Å²) in [5, 5.41) is 13.4. The monoisotopic (exact) mass is 247 g/mol. The number of amides is 2. The van der Waals surface area contributed by atoms with Crippen LogP contribution in [0.3, 0.4) is 0 Å². The first-order valence-corrected chi connectivity index (χ1v) is 5.36. The van der Waals surface area contributed by atoms with Crippen LogP contribution in [-0.2, 0) is 9.53 Å². The van der Waals surface area contributed by atoms with Crippen LogP contribution in [0.2, 0.25) is 0 Å². The topological polar surface area (TPSA) is 91.2 Å². The van der Waals surface area contributed by atoms with E-state index < -0.39 is 12.0 Å². The number of carbonyl (C=O) groups is 2. The van der Waals surface area contributed by atoms with Gasteiger partial charge in [-0.3, -0.25) is 10.1 Å². The third-order valence-corrected chi connectivity index (χ3v) is 1.91. The highest BCUT2D eigenvalue weighted by atomic mass is 16.5. The highest BCUT2D eigenvalue weighted by molar-refractivity contribution is 5.93. The average Bonchev–Trinajstić information content (AvgIpc) is 2.29. The van der Waals surface area contributed by atoms with Crippen LogP contribution in [-0.4, -0.2) is 18.6 Å². The van der Waals surface area contributed by atoms with Gasteiger partial charge in [0.15, 0.2) is 0 Å². The Labute approximate surface area is 105 Å². The predicted molar refractivity (Wildman–Crippen MR) is 65.9 cm³/mol. The fourth-order valence-electron chi connectivity index (χ4n) is 1.24. The largest absolute Gasteiger partial charge is 0.450 e. The number of rotatable bonds is 4. The van der Waals surface area contributed by atoms with Crippen molar-refractivity contribution in [3.63, 3.8) is 0 Å². The van der Waals surface area contributed by atoms with Crippen LogP contribution in [0.4, 0.5) is 16.2 Å². The maximum atomic E-state index is 11.2. The van der Waals surface area contributed by atoms with E-state index in [0.29, 0.717) is 11.4 Å². The molecule has 0 saturated carbocycles. The van der Waals surface area contributed by atoms with Crippen LogP contribution in [0.1, 0.15) is 13.3 Å². The van der Waals surface area contributed by atoms with Gasteiger partial charge >= 0.3 is 6.09 Å². The maximum Gasteiger partial charge on any atom is 0.411 e. The summed E-state index contributed by atoms with van der Waals surface area (Å²) in [6.45, 7) is 1.99. The molecule has 0 heterocycles. The normalized spacial score (nSPS) is 9.11. The lowest BCUT2D eigenvalue weighted by Crippen LogP contribution is -2.14. The van der Waals surface area contributed by atoms with E-state index in [1.165, 1.54) is 0 Å². The van der Waals surface area contributed by atoms with E-state index in [1.54, 1.807) is 37.3 Å². The van der Waals surface area contributed by atoms with E-state index in [2.05, 4.69) is 10.6 Å². The lowest BCUT2D eigenvalue weighted by Gasteiger charge is -2.07. The van der Waals surface area contributed by atoms with Gasteiger partial charge in [-0.05, 0) is 25.1 Å². The van der Waals surface area contributed by atoms with Gasteiger partial charge in [0, 0.05) is 11.4 Å². The fraction of sp³-hybridized carbons (Fsp3) is 0.250. The summed E-state index contributed by atoms with van der Waals surface area (Å²) in [5.41, 5.74) is 1.01. The van der Waals surface area contributed by atoms with Gasteiger partial charge in [0.2, 0.25) is 5.91 Å². The Hall–Kier alpha value is -2.55. The molecule has 1 aromatic rings. The molecular formula is C12H13N3O3. The van der Waals surface area contributed by atoms with Gasteiger partial charge in [0.1, 0.15) is 6.42 Å². The summed E-state index contributed by atoms with van der Waals surface area (Å²) in [4.78, 5) is 22.4. The number of nitriles is 1. The summed E-state index contributed by atoms with van der Waals surface area (Å²) in [7, 11) is 0. The minimum atomic E-state index is -0.557. The second-order valence-corrected chi connectivity index (χ2v) is 3.31. The van der Waals surface area contributed by atoms with Crippen LogP contribution in [0.5, 0.6) is 0 Å². The average molecular weight is 247 g/mol. The second-order valence-electron chi connectivity index (χ2n) is 3.31. The van der Waals surface area contributed by atoms with Crippen molar-refractivity contribution < 1.29 is 14.3 Å². The van der Waals surface area contributed by atoms with E-state index >= 15 is 0 Å². The number of ether oxygens (including phenoxy) is 1. The molecule has 0 bridgehead atoms. The Kier molecular flexibility index (Phi) is 5.19. The number of hydrogen-bond donors (Lipinski definition) is 2. The molecule has 0 aliphatic carbocycles. The summed E-state index contributed by atoms with van der Waals surface area (Å²) in [6.07, 6.45) is -0.770. The van der Waals surface area contributed by atoms with Crippen molar-refractivity contribution in [1.29, 1.82) is 5.26 Å². The third-order valence-electron chi connectivity index (χ3n) is 1.91. The first-order valence-electron chi connectivity index (χ1n) is 5.36. The minimum absolute atomic E-state index is 0.213. The van der Waals surface area contributed by atoms with Crippen molar-refractivity contribution in [2.45, 2.75) is 13.3 Å². The minimum Gasteiger partial charge on any atom is -0.450 e. The van der Waals surface area contributed by atoms with Crippen molar-refractivity contribution in [3.8, 4) is 6.07 Å². The third kappa shape index (κ3) is 4.53. The number of nitrogens with zero attached hydrogens (tertiary/aromatic N) is 1. The number of nitrogens with one attached hydrogen (secondary N) is 2. The van der Waals surface area contributed by atoms with Gasteiger partial charge in [-0.25, -0.2) is 4.79 Å². The molecule has 1 rings (SSSR count). The summed E-state index contributed by atoms with van der Waals surface area (Å²) in [5.74, 6) is -0.397. The lowest BCUT2D eigenvalue weighted by molar-refractivity contribution is -0.115. The Morgan fingerprint density at radius 3 is 2.61 bits per heavy atom. The molecule has 18 heavy (non-hydrogen) atoms. The van der Waals surface area contributed by atoms with Crippen LogP contribution in [0, 0.1) is 11.3 Å². The van der Waals surface area contributed by atoms with E-state index in [9.17, 15) is 9.59 Å². The zero-order valence-corrected chi connectivity index (χ0v) is 9.90. The Morgan fingerprint density at radius 1 is 1.33 bits per heavy atom. The quantitative estimate of drug-likeness (QED) is 0.852. The predicted octanol–water partition coefficient (Wildman–Crippen LogP) is 2.11.